The van der Waals surface area contributed by atoms with Gasteiger partial charge in [0.1, 0.15) is 0 Å². The van der Waals surface area contributed by atoms with Gasteiger partial charge in [-0.05, 0) is 54.6 Å². The molecule has 0 heterocycles. The Balaban J connectivity index is 2.03. The molecule has 0 spiro atoms. The standard InChI is InChI=1S/C17H26O/c1-17(2,3)12-15(18)11-14-9-6-8-13-7-4-5-10-16(13)14/h4-5,7,10,14-15,18H,6,8-9,11-12H2,1-3H3. The lowest BCUT2D eigenvalue weighted by molar-refractivity contribution is 0.104. The molecule has 100 valence electrons. The molecule has 18 heavy (non-hydrogen) atoms. The van der Waals surface area contributed by atoms with Gasteiger partial charge in [-0.15, -0.1) is 0 Å². The van der Waals surface area contributed by atoms with Gasteiger partial charge < -0.3 is 5.11 Å². The van der Waals surface area contributed by atoms with Crippen LogP contribution in [-0.4, -0.2) is 11.2 Å². The predicted octanol–water partition coefficient (Wildman–Crippen LogP) is 4.29. The third-order valence-corrected chi connectivity index (χ3v) is 3.90. The van der Waals surface area contributed by atoms with Crippen molar-refractivity contribution in [1.82, 2.24) is 0 Å². The maximum atomic E-state index is 10.3. The molecule has 1 nitrogen and oxygen atoms in total. The molecule has 0 bridgehead atoms. The zero-order valence-corrected chi connectivity index (χ0v) is 11.9. The van der Waals surface area contributed by atoms with E-state index in [1.54, 1.807) is 0 Å². The van der Waals surface area contributed by atoms with Crippen LogP contribution in [0.4, 0.5) is 0 Å². The topological polar surface area (TPSA) is 20.2 Å². The van der Waals surface area contributed by atoms with E-state index in [1.165, 1.54) is 30.4 Å². The Labute approximate surface area is 111 Å². The first kappa shape index (κ1) is 13.6. The summed E-state index contributed by atoms with van der Waals surface area (Å²) in [5.41, 5.74) is 3.20. The quantitative estimate of drug-likeness (QED) is 0.843. The van der Waals surface area contributed by atoms with E-state index in [0.717, 1.165) is 12.8 Å². The molecule has 0 aromatic heterocycles. The van der Waals surface area contributed by atoms with Crippen LogP contribution >= 0.6 is 0 Å². The molecule has 0 amide bonds. The Morgan fingerprint density at radius 2 is 2.00 bits per heavy atom. The van der Waals surface area contributed by atoms with Crippen molar-refractivity contribution in [1.29, 1.82) is 0 Å². The van der Waals surface area contributed by atoms with Crippen LogP contribution in [0, 0.1) is 5.41 Å². The van der Waals surface area contributed by atoms with Gasteiger partial charge in [0.15, 0.2) is 0 Å². The second-order valence-electron chi connectivity index (χ2n) is 6.94. The molecule has 1 N–H and O–H groups in total. The molecular formula is C17H26O. The summed E-state index contributed by atoms with van der Waals surface area (Å²) < 4.78 is 0. The van der Waals surface area contributed by atoms with Gasteiger partial charge in [-0.2, -0.15) is 0 Å². The summed E-state index contributed by atoms with van der Waals surface area (Å²) in [7, 11) is 0. The number of aliphatic hydroxyl groups is 1. The van der Waals surface area contributed by atoms with Crippen molar-refractivity contribution in [3.05, 3.63) is 35.4 Å². The molecule has 2 unspecified atom stereocenters. The largest absolute Gasteiger partial charge is 0.393 e. The number of hydrogen-bond donors (Lipinski definition) is 1. The fourth-order valence-electron chi connectivity index (χ4n) is 3.22. The minimum Gasteiger partial charge on any atom is -0.393 e. The highest BCUT2D eigenvalue weighted by Crippen LogP contribution is 2.36. The van der Waals surface area contributed by atoms with Crippen LogP contribution in [0.2, 0.25) is 0 Å². The monoisotopic (exact) mass is 246 g/mol. The highest BCUT2D eigenvalue weighted by Gasteiger charge is 2.24. The highest BCUT2D eigenvalue weighted by molar-refractivity contribution is 5.32. The van der Waals surface area contributed by atoms with Gasteiger partial charge in [0, 0.05) is 0 Å². The second kappa shape index (κ2) is 5.44. The molecule has 0 saturated heterocycles. The molecule has 2 rings (SSSR count). The molecule has 1 heteroatoms. The number of hydrogen-bond acceptors (Lipinski definition) is 1. The Morgan fingerprint density at radius 1 is 1.28 bits per heavy atom. The van der Waals surface area contributed by atoms with E-state index < -0.39 is 0 Å². The van der Waals surface area contributed by atoms with Gasteiger partial charge in [0.05, 0.1) is 6.10 Å². The van der Waals surface area contributed by atoms with E-state index in [0.29, 0.717) is 5.92 Å². The highest BCUT2D eigenvalue weighted by atomic mass is 16.3. The number of aryl methyl sites for hydroxylation is 1. The Hall–Kier alpha value is -0.820. The number of fused-ring (bicyclic) bond motifs is 1. The molecule has 0 radical (unpaired) electrons. The van der Waals surface area contributed by atoms with Crippen molar-refractivity contribution in [2.75, 3.05) is 0 Å². The van der Waals surface area contributed by atoms with Crippen molar-refractivity contribution < 1.29 is 5.11 Å². The zero-order chi connectivity index (χ0) is 13.2. The van der Waals surface area contributed by atoms with E-state index in [4.69, 9.17) is 0 Å². The summed E-state index contributed by atoms with van der Waals surface area (Å²) in [4.78, 5) is 0. The number of benzene rings is 1. The van der Waals surface area contributed by atoms with Crippen LogP contribution in [0.5, 0.6) is 0 Å². The lowest BCUT2D eigenvalue weighted by Gasteiger charge is -2.29. The van der Waals surface area contributed by atoms with Crippen LogP contribution in [-0.2, 0) is 6.42 Å². The van der Waals surface area contributed by atoms with Crippen LogP contribution in [0.15, 0.2) is 24.3 Å². The second-order valence-corrected chi connectivity index (χ2v) is 6.94. The van der Waals surface area contributed by atoms with E-state index in [2.05, 4.69) is 45.0 Å². The van der Waals surface area contributed by atoms with Crippen LogP contribution in [0.25, 0.3) is 0 Å². The first-order valence-corrected chi connectivity index (χ1v) is 7.21. The zero-order valence-electron chi connectivity index (χ0n) is 11.9. The average molecular weight is 246 g/mol. The fraction of sp³-hybridized carbons (Fsp3) is 0.647. The van der Waals surface area contributed by atoms with Gasteiger partial charge in [0.25, 0.3) is 0 Å². The summed E-state index contributed by atoms with van der Waals surface area (Å²) in [6.07, 6.45) is 5.37. The third-order valence-electron chi connectivity index (χ3n) is 3.90. The molecule has 1 aliphatic carbocycles. The summed E-state index contributed by atoms with van der Waals surface area (Å²) >= 11 is 0. The summed E-state index contributed by atoms with van der Waals surface area (Å²) in [6, 6.07) is 8.76. The van der Waals surface area contributed by atoms with E-state index in [1.807, 2.05) is 0 Å². The van der Waals surface area contributed by atoms with Gasteiger partial charge in [-0.25, -0.2) is 0 Å². The molecule has 1 aliphatic rings. The third kappa shape index (κ3) is 3.58. The maximum Gasteiger partial charge on any atom is 0.0551 e. The van der Waals surface area contributed by atoms with E-state index in [-0.39, 0.29) is 11.5 Å². The van der Waals surface area contributed by atoms with Crippen LogP contribution in [0.1, 0.15) is 63.5 Å². The number of aliphatic hydroxyl groups excluding tert-OH is 1. The minimum absolute atomic E-state index is 0.166. The Kier molecular flexibility index (Phi) is 4.11. The first-order chi connectivity index (χ1) is 8.46. The van der Waals surface area contributed by atoms with Crippen LogP contribution < -0.4 is 0 Å². The molecule has 2 atom stereocenters. The Morgan fingerprint density at radius 3 is 2.72 bits per heavy atom. The molecule has 1 aromatic carbocycles. The molecular weight excluding hydrogens is 220 g/mol. The molecule has 0 fully saturated rings. The summed E-state index contributed by atoms with van der Waals surface area (Å²) in [5, 5.41) is 10.3. The van der Waals surface area contributed by atoms with Crippen molar-refractivity contribution in [2.24, 2.45) is 5.41 Å². The van der Waals surface area contributed by atoms with Crippen molar-refractivity contribution in [2.45, 2.75) is 64.9 Å². The lowest BCUT2D eigenvalue weighted by Crippen LogP contribution is -2.21. The maximum absolute atomic E-state index is 10.3. The van der Waals surface area contributed by atoms with Gasteiger partial charge >= 0.3 is 0 Å². The fourth-order valence-corrected chi connectivity index (χ4v) is 3.22. The predicted molar refractivity (Wildman–Crippen MR) is 76.8 cm³/mol. The first-order valence-electron chi connectivity index (χ1n) is 7.21. The summed E-state index contributed by atoms with van der Waals surface area (Å²) in [6.45, 7) is 6.60. The van der Waals surface area contributed by atoms with Gasteiger partial charge in [-0.3, -0.25) is 0 Å². The van der Waals surface area contributed by atoms with E-state index >= 15 is 0 Å². The van der Waals surface area contributed by atoms with Gasteiger partial charge in [-0.1, -0.05) is 45.0 Å². The normalized spacial score (nSPS) is 21.4. The molecule has 1 aromatic rings. The van der Waals surface area contributed by atoms with Crippen molar-refractivity contribution in [3.63, 3.8) is 0 Å². The lowest BCUT2D eigenvalue weighted by atomic mass is 9.78. The SMILES string of the molecule is CC(C)(C)CC(O)CC1CCCc2ccccc21. The van der Waals surface area contributed by atoms with Gasteiger partial charge in [0.2, 0.25) is 0 Å². The average Bonchev–Trinajstić information content (AvgIpc) is 2.27. The molecule has 0 saturated carbocycles. The number of rotatable bonds is 3. The van der Waals surface area contributed by atoms with E-state index in [9.17, 15) is 5.11 Å². The minimum atomic E-state index is -0.166. The van der Waals surface area contributed by atoms with Crippen LogP contribution in [0.3, 0.4) is 0 Å². The van der Waals surface area contributed by atoms with Crippen molar-refractivity contribution >= 4 is 0 Å². The van der Waals surface area contributed by atoms with Crippen molar-refractivity contribution in [3.8, 4) is 0 Å². The Bertz CT molecular complexity index is 389. The summed E-state index contributed by atoms with van der Waals surface area (Å²) in [5.74, 6) is 0.562. The smallest absolute Gasteiger partial charge is 0.0551 e. The molecule has 0 aliphatic heterocycles.